The molecule has 1 aromatic carbocycles. The van der Waals surface area contributed by atoms with Gasteiger partial charge in [-0.1, -0.05) is 12.1 Å². The molecular formula is C18H20FN3O3. The van der Waals surface area contributed by atoms with E-state index in [2.05, 4.69) is 10.2 Å². The lowest BCUT2D eigenvalue weighted by atomic mass is 10.2. The zero-order valence-electron chi connectivity index (χ0n) is 13.8. The Balaban J connectivity index is 1.41. The van der Waals surface area contributed by atoms with Crippen molar-refractivity contribution in [3.8, 4) is 0 Å². The Morgan fingerprint density at radius 3 is 2.52 bits per heavy atom. The molecule has 3 rings (SSSR count). The molecule has 6 nitrogen and oxygen atoms in total. The number of hydrogen-bond donors (Lipinski definition) is 1. The van der Waals surface area contributed by atoms with E-state index < -0.39 is 5.82 Å². The van der Waals surface area contributed by atoms with Crippen LogP contribution >= 0.6 is 0 Å². The molecule has 2 amide bonds. The molecule has 1 aliphatic rings. The second kappa shape index (κ2) is 7.94. The zero-order chi connectivity index (χ0) is 17.6. The summed E-state index contributed by atoms with van der Waals surface area (Å²) in [4.78, 5) is 28.0. The Kier molecular flexibility index (Phi) is 5.45. The normalized spacial score (nSPS) is 15.2. The predicted molar refractivity (Wildman–Crippen MR) is 90.7 cm³/mol. The number of amides is 2. The van der Waals surface area contributed by atoms with Gasteiger partial charge < -0.3 is 14.6 Å². The standard InChI is InChI=1S/C18H20FN3O3/c19-14-4-1-2-5-15(14)20-17(23)7-8-21-9-11-22(12-10-21)18(24)16-6-3-13-25-16/h1-6,13H,7-12H2,(H,20,23). The van der Waals surface area contributed by atoms with Gasteiger partial charge in [0, 0.05) is 39.1 Å². The van der Waals surface area contributed by atoms with Crippen molar-refractivity contribution >= 4 is 17.5 Å². The summed E-state index contributed by atoms with van der Waals surface area (Å²) in [7, 11) is 0. The highest BCUT2D eigenvalue weighted by molar-refractivity contribution is 5.91. The molecule has 1 aliphatic heterocycles. The maximum absolute atomic E-state index is 13.5. The van der Waals surface area contributed by atoms with E-state index in [4.69, 9.17) is 4.42 Å². The van der Waals surface area contributed by atoms with Gasteiger partial charge in [0.1, 0.15) is 5.82 Å². The third kappa shape index (κ3) is 4.45. The van der Waals surface area contributed by atoms with E-state index in [1.807, 2.05) is 0 Å². The van der Waals surface area contributed by atoms with Gasteiger partial charge >= 0.3 is 0 Å². The monoisotopic (exact) mass is 345 g/mol. The van der Waals surface area contributed by atoms with Crippen molar-refractivity contribution in [3.63, 3.8) is 0 Å². The number of piperazine rings is 1. The molecule has 0 saturated carbocycles. The molecule has 0 radical (unpaired) electrons. The quantitative estimate of drug-likeness (QED) is 0.902. The molecule has 0 bridgehead atoms. The maximum atomic E-state index is 13.5. The summed E-state index contributed by atoms with van der Waals surface area (Å²) in [6.07, 6.45) is 1.76. The average Bonchev–Trinajstić information content (AvgIpc) is 3.16. The van der Waals surface area contributed by atoms with E-state index in [1.54, 1.807) is 29.2 Å². The van der Waals surface area contributed by atoms with Crippen molar-refractivity contribution in [2.24, 2.45) is 0 Å². The van der Waals surface area contributed by atoms with Crippen molar-refractivity contribution < 1.29 is 18.4 Å². The summed E-state index contributed by atoms with van der Waals surface area (Å²) >= 11 is 0. The Morgan fingerprint density at radius 2 is 1.84 bits per heavy atom. The molecule has 0 aliphatic carbocycles. The fraction of sp³-hybridized carbons (Fsp3) is 0.333. The molecule has 1 saturated heterocycles. The summed E-state index contributed by atoms with van der Waals surface area (Å²) in [6.45, 7) is 3.14. The topological polar surface area (TPSA) is 65.8 Å². The third-order valence-corrected chi connectivity index (χ3v) is 4.19. The van der Waals surface area contributed by atoms with Gasteiger partial charge in [0.15, 0.2) is 5.76 Å². The number of benzene rings is 1. The molecule has 7 heteroatoms. The zero-order valence-corrected chi connectivity index (χ0v) is 13.8. The number of hydrogen-bond acceptors (Lipinski definition) is 4. The van der Waals surface area contributed by atoms with E-state index in [0.29, 0.717) is 38.5 Å². The van der Waals surface area contributed by atoms with Crippen LogP contribution < -0.4 is 5.32 Å². The van der Waals surface area contributed by atoms with Crippen LogP contribution in [0.15, 0.2) is 47.1 Å². The number of nitrogens with one attached hydrogen (secondary N) is 1. The van der Waals surface area contributed by atoms with Crippen LogP contribution in [0.3, 0.4) is 0 Å². The maximum Gasteiger partial charge on any atom is 0.289 e. The highest BCUT2D eigenvalue weighted by Gasteiger charge is 2.23. The number of carbonyl (C=O) groups is 2. The highest BCUT2D eigenvalue weighted by Crippen LogP contribution is 2.13. The van der Waals surface area contributed by atoms with E-state index in [9.17, 15) is 14.0 Å². The van der Waals surface area contributed by atoms with Crippen molar-refractivity contribution in [1.29, 1.82) is 0 Å². The molecular weight excluding hydrogens is 325 g/mol. The predicted octanol–water partition coefficient (Wildman–Crippen LogP) is 2.21. The minimum absolute atomic E-state index is 0.109. The van der Waals surface area contributed by atoms with Crippen molar-refractivity contribution in [2.75, 3.05) is 38.0 Å². The van der Waals surface area contributed by atoms with Gasteiger partial charge in [-0.2, -0.15) is 0 Å². The van der Waals surface area contributed by atoms with Crippen LogP contribution in [0, 0.1) is 5.82 Å². The molecule has 0 unspecified atom stereocenters. The van der Waals surface area contributed by atoms with Crippen LogP contribution in [0.1, 0.15) is 17.0 Å². The fourth-order valence-corrected chi connectivity index (χ4v) is 2.77. The molecule has 1 fully saturated rings. The molecule has 1 N–H and O–H groups in total. The average molecular weight is 345 g/mol. The van der Waals surface area contributed by atoms with Crippen LogP contribution in [0.4, 0.5) is 10.1 Å². The van der Waals surface area contributed by atoms with E-state index in [-0.39, 0.29) is 23.9 Å². The Labute approximate surface area is 145 Å². The van der Waals surface area contributed by atoms with Gasteiger partial charge in [-0.05, 0) is 24.3 Å². The summed E-state index contributed by atoms with van der Waals surface area (Å²) in [5.74, 6) is -0.431. The Bertz CT molecular complexity index is 725. The molecule has 1 aromatic heterocycles. The van der Waals surface area contributed by atoms with Crippen molar-refractivity contribution in [1.82, 2.24) is 9.80 Å². The van der Waals surface area contributed by atoms with Crippen LogP contribution in [-0.2, 0) is 4.79 Å². The Morgan fingerprint density at radius 1 is 1.08 bits per heavy atom. The van der Waals surface area contributed by atoms with Gasteiger partial charge in [-0.15, -0.1) is 0 Å². The largest absolute Gasteiger partial charge is 0.459 e. The molecule has 2 heterocycles. The van der Waals surface area contributed by atoms with Gasteiger partial charge in [0.25, 0.3) is 5.91 Å². The lowest BCUT2D eigenvalue weighted by Gasteiger charge is -2.34. The summed E-state index contributed by atoms with van der Waals surface area (Å²) < 4.78 is 18.6. The first kappa shape index (κ1) is 17.2. The summed E-state index contributed by atoms with van der Waals surface area (Å²) in [5.41, 5.74) is 0.196. The second-order valence-electron chi connectivity index (χ2n) is 5.89. The van der Waals surface area contributed by atoms with Crippen molar-refractivity contribution in [3.05, 3.63) is 54.2 Å². The summed E-state index contributed by atoms with van der Waals surface area (Å²) in [6, 6.07) is 9.44. The van der Waals surface area contributed by atoms with Gasteiger partial charge in [-0.25, -0.2) is 4.39 Å². The van der Waals surface area contributed by atoms with E-state index in [1.165, 1.54) is 18.4 Å². The molecule has 0 atom stereocenters. The number of carbonyl (C=O) groups excluding carboxylic acids is 2. The number of nitrogens with zero attached hydrogens (tertiary/aromatic N) is 2. The van der Waals surface area contributed by atoms with Gasteiger partial charge in [0.2, 0.25) is 5.91 Å². The van der Waals surface area contributed by atoms with E-state index in [0.717, 1.165) is 0 Å². The highest BCUT2D eigenvalue weighted by atomic mass is 19.1. The minimum atomic E-state index is -0.444. The number of halogens is 1. The smallest absolute Gasteiger partial charge is 0.289 e. The van der Waals surface area contributed by atoms with Gasteiger partial charge in [-0.3, -0.25) is 14.5 Å². The SMILES string of the molecule is O=C(CCN1CCN(C(=O)c2ccco2)CC1)Nc1ccccc1F. The first-order valence-corrected chi connectivity index (χ1v) is 8.23. The van der Waals surface area contributed by atoms with Crippen LogP contribution in [0.25, 0.3) is 0 Å². The van der Waals surface area contributed by atoms with E-state index >= 15 is 0 Å². The first-order valence-electron chi connectivity index (χ1n) is 8.23. The molecule has 132 valence electrons. The summed E-state index contributed by atoms with van der Waals surface area (Å²) in [5, 5.41) is 2.58. The lowest BCUT2D eigenvalue weighted by Crippen LogP contribution is -2.49. The lowest BCUT2D eigenvalue weighted by molar-refractivity contribution is -0.116. The van der Waals surface area contributed by atoms with Crippen LogP contribution in [-0.4, -0.2) is 54.3 Å². The number of para-hydroxylation sites is 1. The molecule has 0 spiro atoms. The first-order chi connectivity index (χ1) is 12.1. The van der Waals surface area contributed by atoms with Gasteiger partial charge in [0.05, 0.1) is 12.0 Å². The van der Waals surface area contributed by atoms with Crippen LogP contribution in [0.5, 0.6) is 0 Å². The fourth-order valence-electron chi connectivity index (χ4n) is 2.77. The number of anilines is 1. The molecule has 25 heavy (non-hydrogen) atoms. The Hall–Kier alpha value is -2.67. The number of rotatable bonds is 5. The van der Waals surface area contributed by atoms with Crippen molar-refractivity contribution in [2.45, 2.75) is 6.42 Å². The molecule has 2 aromatic rings. The third-order valence-electron chi connectivity index (χ3n) is 4.19. The second-order valence-corrected chi connectivity index (χ2v) is 5.89. The van der Waals surface area contributed by atoms with Crippen LogP contribution in [0.2, 0.25) is 0 Å². The number of furan rings is 1. The minimum Gasteiger partial charge on any atom is -0.459 e.